The second-order valence-corrected chi connectivity index (χ2v) is 5.72. The summed E-state index contributed by atoms with van der Waals surface area (Å²) in [6.45, 7) is 11.0. The Kier molecular flexibility index (Phi) is 4.03. The van der Waals surface area contributed by atoms with Gasteiger partial charge < -0.3 is 10.2 Å². The number of aryl methyl sites for hydroxylation is 3. The number of likely N-dealkylation sites (tertiary alicyclic amines) is 1. The second-order valence-electron chi connectivity index (χ2n) is 5.72. The van der Waals surface area contributed by atoms with Crippen LogP contribution in [0.15, 0.2) is 6.07 Å². The Morgan fingerprint density at radius 3 is 2.67 bits per heavy atom. The fourth-order valence-corrected chi connectivity index (χ4v) is 3.20. The van der Waals surface area contributed by atoms with Crippen LogP contribution in [-0.4, -0.2) is 36.1 Å². The number of hydrogen-bond acceptors (Lipinski definition) is 3. The molecule has 3 nitrogen and oxygen atoms in total. The number of hydrogen-bond donors (Lipinski definition) is 1. The molecule has 3 heteroatoms. The zero-order valence-corrected chi connectivity index (χ0v) is 12.2. The van der Waals surface area contributed by atoms with Crippen molar-refractivity contribution < 1.29 is 0 Å². The molecule has 0 aliphatic carbocycles. The summed E-state index contributed by atoms with van der Waals surface area (Å²) < 4.78 is 0. The van der Waals surface area contributed by atoms with Crippen LogP contribution in [0.1, 0.15) is 41.9 Å². The molecule has 1 aliphatic heterocycles. The minimum Gasteiger partial charge on any atom is -0.306 e. The van der Waals surface area contributed by atoms with E-state index < -0.39 is 0 Å². The third kappa shape index (κ3) is 2.90. The van der Waals surface area contributed by atoms with Crippen LogP contribution in [0.3, 0.4) is 0 Å². The Hall–Kier alpha value is -0.930. The summed E-state index contributed by atoms with van der Waals surface area (Å²) in [5.74, 6) is 0. The zero-order valence-electron chi connectivity index (χ0n) is 12.2. The van der Waals surface area contributed by atoms with E-state index >= 15 is 0 Å². The van der Waals surface area contributed by atoms with Gasteiger partial charge in [-0.3, -0.25) is 4.98 Å². The van der Waals surface area contributed by atoms with Crippen molar-refractivity contribution >= 4 is 0 Å². The molecular weight excluding hydrogens is 222 g/mol. The van der Waals surface area contributed by atoms with Crippen LogP contribution >= 0.6 is 0 Å². The maximum absolute atomic E-state index is 4.59. The van der Waals surface area contributed by atoms with Gasteiger partial charge in [0.05, 0.1) is 0 Å². The molecule has 0 spiro atoms. The standard InChI is InChI=1S/C15H25N3/c1-10-8-11(2)16-12(3)15(10)13(4)17-14-6-7-18(5)9-14/h8,13-14,17H,6-7,9H2,1-5H3. The number of aromatic nitrogens is 1. The molecule has 1 saturated heterocycles. The molecule has 1 aromatic heterocycles. The molecule has 1 fully saturated rings. The average Bonchev–Trinajstić information content (AvgIpc) is 2.62. The number of likely N-dealkylation sites (N-methyl/N-ethyl adjacent to an activating group) is 1. The molecule has 2 unspecified atom stereocenters. The maximum atomic E-state index is 4.59. The van der Waals surface area contributed by atoms with Crippen LogP contribution in [0.5, 0.6) is 0 Å². The molecule has 18 heavy (non-hydrogen) atoms. The van der Waals surface area contributed by atoms with E-state index in [1.54, 1.807) is 0 Å². The van der Waals surface area contributed by atoms with E-state index in [-0.39, 0.29) is 0 Å². The molecule has 0 bridgehead atoms. The van der Waals surface area contributed by atoms with Gasteiger partial charge in [0.1, 0.15) is 0 Å². The van der Waals surface area contributed by atoms with Gasteiger partial charge in [0.25, 0.3) is 0 Å². The van der Waals surface area contributed by atoms with Crippen LogP contribution in [0.4, 0.5) is 0 Å². The summed E-state index contributed by atoms with van der Waals surface area (Å²) in [6, 6.07) is 3.18. The predicted octanol–water partition coefficient (Wildman–Crippen LogP) is 2.36. The number of pyridine rings is 1. The fourth-order valence-electron chi connectivity index (χ4n) is 3.20. The largest absolute Gasteiger partial charge is 0.306 e. The molecule has 0 aromatic carbocycles. The van der Waals surface area contributed by atoms with Gasteiger partial charge in [-0.2, -0.15) is 0 Å². The van der Waals surface area contributed by atoms with Gasteiger partial charge >= 0.3 is 0 Å². The van der Waals surface area contributed by atoms with Crippen LogP contribution in [0, 0.1) is 20.8 Å². The van der Waals surface area contributed by atoms with Crippen LogP contribution in [0.2, 0.25) is 0 Å². The smallest absolute Gasteiger partial charge is 0.0426 e. The summed E-state index contributed by atoms with van der Waals surface area (Å²) >= 11 is 0. The minimum atomic E-state index is 0.384. The SMILES string of the molecule is Cc1cc(C)c(C(C)NC2CCN(C)C2)c(C)n1. The third-order valence-electron chi connectivity index (χ3n) is 3.89. The Labute approximate surface area is 111 Å². The Morgan fingerprint density at radius 1 is 1.39 bits per heavy atom. The highest BCUT2D eigenvalue weighted by atomic mass is 15.2. The van der Waals surface area contributed by atoms with Crippen molar-refractivity contribution in [3.63, 3.8) is 0 Å². The zero-order chi connectivity index (χ0) is 13.3. The molecule has 1 N–H and O–H groups in total. The first-order chi connectivity index (χ1) is 8.47. The van der Waals surface area contributed by atoms with E-state index in [4.69, 9.17) is 0 Å². The van der Waals surface area contributed by atoms with Crippen molar-refractivity contribution in [2.75, 3.05) is 20.1 Å². The first-order valence-corrected chi connectivity index (χ1v) is 6.86. The summed E-state index contributed by atoms with van der Waals surface area (Å²) in [6.07, 6.45) is 1.25. The molecule has 1 aliphatic rings. The summed E-state index contributed by atoms with van der Waals surface area (Å²) in [5, 5.41) is 3.74. The van der Waals surface area contributed by atoms with Gasteiger partial charge in [-0.05, 0) is 64.9 Å². The van der Waals surface area contributed by atoms with E-state index in [0.29, 0.717) is 12.1 Å². The topological polar surface area (TPSA) is 28.2 Å². The van der Waals surface area contributed by atoms with E-state index in [9.17, 15) is 0 Å². The molecule has 2 atom stereocenters. The first kappa shape index (κ1) is 13.5. The minimum absolute atomic E-state index is 0.384. The lowest BCUT2D eigenvalue weighted by Gasteiger charge is -2.23. The summed E-state index contributed by atoms with van der Waals surface area (Å²) in [5.41, 5.74) is 5.00. The highest BCUT2D eigenvalue weighted by Crippen LogP contribution is 2.22. The Morgan fingerprint density at radius 2 is 2.11 bits per heavy atom. The summed E-state index contributed by atoms with van der Waals surface area (Å²) in [4.78, 5) is 6.98. The highest BCUT2D eigenvalue weighted by Gasteiger charge is 2.22. The van der Waals surface area contributed by atoms with Crippen LogP contribution in [0.25, 0.3) is 0 Å². The molecular formula is C15H25N3. The van der Waals surface area contributed by atoms with Gasteiger partial charge in [-0.1, -0.05) is 0 Å². The van der Waals surface area contributed by atoms with Gasteiger partial charge in [-0.25, -0.2) is 0 Å². The average molecular weight is 247 g/mol. The molecule has 2 rings (SSSR count). The van der Waals surface area contributed by atoms with E-state index in [2.05, 4.69) is 56.0 Å². The Balaban J connectivity index is 2.11. The quantitative estimate of drug-likeness (QED) is 0.889. The fraction of sp³-hybridized carbons (Fsp3) is 0.667. The van der Waals surface area contributed by atoms with Gasteiger partial charge in [-0.15, -0.1) is 0 Å². The second kappa shape index (κ2) is 5.37. The van der Waals surface area contributed by atoms with E-state index in [1.807, 2.05) is 0 Å². The van der Waals surface area contributed by atoms with Crippen molar-refractivity contribution in [3.05, 3.63) is 28.6 Å². The number of nitrogens with one attached hydrogen (secondary N) is 1. The Bertz CT molecular complexity index is 405. The monoisotopic (exact) mass is 247 g/mol. The van der Waals surface area contributed by atoms with Crippen molar-refractivity contribution in [2.24, 2.45) is 0 Å². The number of nitrogens with zero attached hydrogens (tertiary/aromatic N) is 2. The predicted molar refractivity (Wildman–Crippen MR) is 75.9 cm³/mol. The van der Waals surface area contributed by atoms with Crippen molar-refractivity contribution in [1.82, 2.24) is 15.2 Å². The molecule has 0 amide bonds. The maximum Gasteiger partial charge on any atom is 0.0426 e. The highest BCUT2D eigenvalue weighted by molar-refractivity contribution is 5.33. The van der Waals surface area contributed by atoms with Gasteiger partial charge in [0.15, 0.2) is 0 Å². The van der Waals surface area contributed by atoms with Gasteiger partial charge in [0, 0.05) is 30.0 Å². The van der Waals surface area contributed by atoms with E-state index in [0.717, 1.165) is 12.2 Å². The molecule has 100 valence electrons. The third-order valence-corrected chi connectivity index (χ3v) is 3.89. The van der Waals surface area contributed by atoms with Crippen molar-refractivity contribution in [1.29, 1.82) is 0 Å². The molecule has 0 radical (unpaired) electrons. The number of rotatable bonds is 3. The lowest BCUT2D eigenvalue weighted by Crippen LogP contribution is -2.34. The lowest BCUT2D eigenvalue weighted by atomic mass is 9.99. The molecule has 2 heterocycles. The van der Waals surface area contributed by atoms with E-state index in [1.165, 1.54) is 29.8 Å². The summed E-state index contributed by atoms with van der Waals surface area (Å²) in [7, 11) is 2.19. The lowest BCUT2D eigenvalue weighted by molar-refractivity contribution is 0.386. The van der Waals surface area contributed by atoms with Crippen LogP contribution < -0.4 is 5.32 Å². The van der Waals surface area contributed by atoms with Crippen molar-refractivity contribution in [2.45, 2.75) is 46.2 Å². The van der Waals surface area contributed by atoms with Gasteiger partial charge in [0.2, 0.25) is 0 Å². The first-order valence-electron chi connectivity index (χ1n) is 6.86. The van der Waals surface area contributed by atoms with Crippen LogP contribution in [-0.2, 0) is 0 Å². The van der Waals surface area contributed by atoms with Crippen molar-refractivity contribution in [3.8, 4) is 0 Å². The molecule has 0 saturated carbocycles. The normalized spacial score (nSPS) is 22.4. The molecule has 1 aromatic rings.